The van der Waals surface area contributed by atoms with E-state index >= 15 is 0 Å². The highest BCUT2D eigenvalue weighted by molar-refractivity contribution is 7.10. The number of amides is 1. The molecule has 0 spiro atoms. The minimum Gasteiger partial charge on any atom is -0.287 e. The number of carbonyl (C=O) groups is 1. The molecule has 1 amide bonds. The summed E-state index contributed by atoms with van der Waals surface area (Å²) in [7, 11) is 0. The van der Waals surface area contributed by atoms with Crippen molar-refractivity contribution in [3.8, 4) is 0 Å². The molecule has 25 heavy (non-hydrogen) atoms. The maximum atomic E-state index is 12.8. The molecule has 4 nitrogen and oxygen atoms in total. The van der Waals surface area contributed by atoms with Crippen LogP contribution in [0.15, 0.2) is 46.9 Å². The van der Waals surface area contributed by atoms with E-state index in [0.717, 1.165) is 37.1 Å². The van der Waals surface area contributed by atoms with E-state index < -0.39 is 0 Å². The van der Waals surface area contributed by atoms with Gasteiger partial charge in [-0.05, 0) is 35.4 Å². The quantitative estimate of drug-likeness (QED) is 0.840. The molecule has 1 atom stereocenters. The van der Waals surface area contributed by atoms with Crippen LogP contribution in [0.25, 0.3) is 0 Å². The van der Waals surface area contributed by atoms with Crippen LogP contribution in [0.1, 0.15) is 41.8 Å². The Hall–Kier alpha value is -1.98. The van der Waals surface area contributed by atoms with Crippen molar-refractivity contribution in [2.75, 3.05) is 19.6 Å². The number of carbonyl (C=O) groups excluding carboxylic acids is 1. The Morgan fingerprint density at radius 2 is 2.04 bits per heavy atom. The average molecular weight is 353 g/mol. The summed E-state index contributed by atoms with van der Waals surface area (Å²) in [5.74, 6) is 0.114. The minimum absolute atomic E-state index is 0.114. The number of nitrogens with zero attached hydrogens (tertiary/aromatic N) is 3. The van der Waals surface area contributed by atoms with Gasteiger partial charge in [-0.15, -0.1) is 11.3 Å². The van der Waals surface area contributed by atoms with Crippen LogP contribution in [0, 0.1) is 0 Å². The summed E-state index contributed by atoms with van der Waals surface area (Å²) in [4.78, 5) is 16.6. The summed E-state index contributed by atoms with van der Waals surface area (Å²) in [6.07, 6.45) is 2.92. The van der Waals surface area contributed by atoms with Gasteiger partial charge in [0, 0.05) is 23.9 Å². The second-order valence-electron chi connectivity index (χ2n) is 6.62. The summed E-state index contributed by atoms with van der Waals surface area (Å²) in [5.41, 5.74) is 3.55. The molecular formula is C20H23N3OS. The Morgan fingerprint density at radius 3 is 2.84 bits per heavy atom. The average Bonchev–Trinajstić information content (AvgIpc) is 3.32. The van der Waals surface area contributed by atoms with Gasteiger partial charge in [0.05, 0.1) is 18.8 Å². The van der Waals surface area contributed by atoms with Crippen LogP contribution in [0.5, 0.6) is 0 Å². The van der Waals surface area contributed by atoms with Gasteiger partial charge in [0.15, 0.2) is 0 Å². The number of thiophene rings is 1. The Labute approximate surface area is 152 Å². The number of fused-ring (bicyclic) bond motifs is 1. The van der Waals surface area contributed by atoms with Gasteiger partial charge in [-0.1, -0.05) is 37.3 Å². The zero-order valence-electron chi connectivity index (χ0n) is 14.5. The lowest BCUT2D eigenvalue weighted by atomic mass is 9.98. The first-order valence-electron chi connectivity index (χ1n) is 9.00. The summed E-state index contributed by atoms with van der Waals surface area (Å²) in [5, 5.41) is 8.43. The van der Waals surface area contributed by atoms with E-state index in [2.05, 4.69) is 40.5 Å². The molecular weight excluding hydrogens is 330 g/mol. The van der Waals surface area contributed by atoms with Gasteiger partial charge in [-0.2, -0.15) is 5.10 Å². The van der Waals surface area contributed by atoms with Crippen LogP contribution in [-0.2, 0) is 11.2 Å². The molecule has 1 aromatic carbocycles. The molecule has 4 rings (SSSR count). The maximum Gasteiger partial charge on any atom is 0.256 e. The zero-order valence-corrected chi connectivity index (χ0v) is 15.3. The third-order valence-corrected chi connectivity index (χ3v) is 6.12. The van der Waals surface area contributed by atoms with E-state index in [1.54, 1.807) is 5.01 Å². The fraction of sp³-hybridized carbons (Fsp3) is 0.400. The lowest BCUT2D eigenvalue weighted by molar-refractivity contribution is -0.132. The van der Waals surface area contributed by atoms with Gasteiger partial charge in [0.1, 0.15) is 0 Å². The van der Waals surface area contributed by atoms with Gasteiger partial charge in [-0.25, -0.2) is 5.01 Å². The summed E-state index contributed by atoms with van der Waals surface area (Å²) >= 11 is 1.84. The summed E-state index contributed by atoms with van der Waals surface area (Å²) < 4.78 is 0. The SMILES string of the molecule is CC[C@@H]1c2ccsc2CCN1CC(=O)N1CCC(c2ccccc2)=N1. The first-order valence-corrected chi connectivity index (χ1v) is 9.88. The first kappa shape index (κ1) is 16.5. The molecule has 0 fully saturated rings. The Balaban J connectivity index is 1.45. The predicted octanol–water partition coefficient (Wildman–Crippen LogP) is 3.69. The van der Waals surface area contributed by atoms with Crippen LogP contribution in [0.4, 0.5) is 0 Å². The number of hydrogen-bond donors (Lipinski definition) is 0. The molecule has 5 heteroatoms. The van der Waals surface area contributed by atoms with Crippen molar-refractivity contribution in [2.24, 2.45) is 5.10 Å². The van der Waals surface area contributed by atoms with E-state index in [4.69, 9.17) is 0 Å². The van der Waals surface area contributed by atoms with Crippen LogP contribution in [0.2, 0.25) is 0 Å². The molecule has 0 unspecified atom stereocenters. The van der Waals surface area contributed by atoms with Gasteiger partial charge in [0.2, 0.25) is 0 Å². The third kappa shape index (κ3) is 3.26. The molecule has 0 aliphatic carbocycles. The van der Waals surface area contributed by atoms with E-state index in [0.29, 0.717) is 19.1 Å². The molecule has 130 valence electrons. The monoisotopic (exact) mass is 353 g/mol. The van der Waals surface area contributed by atoms with Crippen molar-refractivity contribution in [2.45, 2.75) is 32.2 Å². The molecule has 0 saturated carbocycles. The largest absolute Gasteiger partial charge is 0.287 e. The van der Waals surface area contributed by atoms with Crippen molar-refractivity contribution in [1.29, 1.82) is 0 Å². The Kier molecular flexibility index (Phi) is 4.68. The summed E-state index contributed by atoms with van der Waals surface area (Å²) in [6, 6.07) is 12.7. The van der Waals surface area contributed by atoms with Crippen LogP contribution < -0.4 is 0 Å². The lowest BCUT2D eigenvalue weighted by Gasteiger charge is -2.35. The van der Waals surface area contributed by atoms with E-state index in [9.17, 15) is 4.79 Å². The molecule has 0 bridgehead atoms. The maximum absolute atomic E-state index is 12.8. The predicted molar refractivity (Wildman–Crippen MR) is 102 cm³/mol. The molecule has 0 saturated heterocycles. The minimum atomic E-state index is 0.114. The molecule has 0 radical (unpaired) electrons. The normalized spacial score (nSPS) is 20.4. The van der Waals surface area contributed by atoms with Crippen molar-refractivity contribution < 1.29 is 4.79 Å². The fourth-order valence-electron chi connectivity index (χ4n) is 3.84. The van der Waals surface area contributed by atoms with Crippen LogP contribution in [0.3, 0.4) is 0 Å². The lowest BCUT2D eigenvalue weighted by Crippen LogP contribution is -2.42. The highest BCUT2D eigenvalue weighted by Crippen LogP contribution is 2.35. The van der Waals surface area contributed by atoms with Gasteiger partial charge < -0.3 is 0 Å². The van der Waals surface area contributed by atoms with E-state index in [-0.39, 0.29) is 5.91 Å². The molecule has 1 aromatic heterocycles. The second kappa shape index (κ2) is 7.10. The van der Waals surface area contributed by atoms with Crippen LogP contribution >= 0.6 is 11.3 Å². The topological polar surface area (TPSA) is 35.9 Å². The highest BCUT2D eigenvalue weighted by Gasteiger charge is 2.30. The molecule has 3 heterocycles. The first-order chi connectivity index (χ1) is 12.3. The number of benzene rings is 1. The third-order valence-electron chi connectivity index (χ3n) is 5.13. The van der Waals surface area contributed by atoms with E-state index in [1.807, 2.05) is 29.5 Å². The second-order valence-corrected chi connectivity index (χ2v) is 7.62. The van der Waals surface area contributed by atoms with Crippen LogP contribution in [-0.4, -0.2) is 41.2 Å². The Morgan fingerprint density at radius 1 is 1.20 bits per heavy atom. The van der Waals surface area contributed by atoms with Crippen molar-refractivity contribution >= 4 is 23.0 Å². The van der Waals surface area contributed by atoms with Gasteiger partial charge in [0.25, 0.3) is 5.91 Å². The fourth-order valence-corrected chi connectivity index (χ4v) is 4.77. The van der Waals surface area contributed by atoms with Crippen molar-refractivity contribution in [3.63, 3.8) is 0 Å². The van der Waals surface area contributed by atoms with Gasteiger partial charge >= 0.3 is 0 Å². The zero-order chi connectivity index (χ0) is 17.2. The highest BCUT2D eigenvalue weighted by atomic mass is 32.1. The van der Waals surface area contributed by atoms with Crippen molar-refractivity contribution in [1.82, 2.24) is 9.91 Å². The molecule has 2 aliphatic heterocycles. The Bertz CT molecular complexity index is 783. The number of hydrogen-bond acceptors (Lipinski definition) is 4. The summed E-state index contributed by atoms with van der Waals surface area (Å²) in [6.45, 7) is 4.31. The molecule has 2 aromatic rings. The number of rotatable bonds is 4. The standard InChI is InChI=1S/C20H23N3OS/c1-2-18-16-10-13-25-19(16)9-11-22(18)14-20(24)23-12-8-17(21-23)15-6-4-3-5-7-15/h3-7,10,13,18H,2,8-9,11-12,14H2,1H3/t18-/m1/s1. The van der Waals surface area contributed by atoms with Crippen molar-refractivity contribution in [3.05, 3.63) is 57.8 Å². The molecule has 2 aliphatic rings. The van der Waals surface area contributed by atoms with E-state index in [1.165, 1.54) is 10.4 Å². The molecule has 0 N–H and O–H groups in total. The number of hydrazone groups is 1. The van der Waals surface area contributed by atoms with Gasteiger partial charge in [-0.3, -0.25) is 9.69 Å². The smallest absolute Gasteiger partial charge is 0.256 e.